The molecule has 1 aliphatic carbocycles. The van der Waals surface area contributed by atoms with Crippen LogP contribution in [0, 0.1) is 5.41 Å². The second-order valence-electron chi connectivity index (χ2n) is 6.66. The number of hydrogen-bond donors (Lipinski definition) is 1. The van der Waals surface area contributed by atoms with Gasteiger partial charge in [-0.05, 0) is 35.1 Å². The quantitative estimate of drug-likeness (QED) is 0.712. The van der Waals surface area contributed by atoms with Crippen LogP contribution in [0.3, 0.4) is 0 Å². The largest absolute Gasteiger partial charge is 0.356 e. The van der Waals surface area contributed by atoms with Crippen LogP contribution < -0.4 is 5.32 Å². The van der Waals surface area contributed by atoms with Crippen LogP contribution in [0.4, 0.5) is 0 Å². The first-order valence-corrected chi connectivity index (χ1v) is 8.72. The average molecular weight is 307 g/mol. The Hall–Kier alpha value is -1.46. The summed E-state index contributed by atoms with van der Waals surface area (Å²) < 4.78 is 1.78. The molecule has 0 aliphatic heterocycles. The maximum Gasteiger partial charge on any atom is 0.220 e. The van der Waals surface area contributed by atoms with Crippen LogP contribution in [0.1, 0.15) is 71.1 Å². The molecule has 124 valence electrons. The molecule has 6 nitrogen and oxygen atoms in total. The number of carbonyl (C=O) groups excluding carboxylic acids is 1. The Morgan fingerprint density at radius 2 is 2.05 bits per heavy atom. The van der Waals surface area contributed by atoms with Gasteiger partial charge in [-0.2, -0.15) is 0 Å². The Bertz CT molecular complexity index is 426. The number of amides is 1. The van der Waals surface area contributed by atoms with Crippen molar-refractivity contribution in [1.29, 1.82) is 0 Å². The molecule has 1 fully saturated rings. The third-order valence-corrected chi connectivity index (χ3v) is 4.69. The van der Waals surface area contributed by atoms with Crippen LogP contribution in [-0.4, -0.2) is 32.7 Å². The van der Waals surface area contributed by atoms with Crippen molar-refractivity contribution >= 4 is 5.91 Å². The fraction of sp³-hybridized carbons (Fsp3) is 0.875. The van der Waals surface area contributed by atoms with Gasteiger partial charge in [0.25, 0.3) is 0 Å². The molecule has 1 N–H and O–H groups in total. The molecule has 2 rings (SSSR count). The Labute approximate surface area is 133 Å². The van der Waals surface area contributed by atoms with E-state index in [0.717, 1.165) is 32.4 Å². The molecule has 1 aromatic heterocycles. The molecule has 0 saturated heterocycles. The molecule has 6 heteroatoms. The smallest absolute Gasteiger partial charge is 0.220 e. The third kappa shape index (κ3) is 5.39. The van der Waals surface area contributed by atoms with Crippen LogP contribution in [0.25, 0.3) is 0 Å². The zero-order valence-corrected chi connectivity index (χ0v) is 13.8. The summed E-state index contributed by atoms with van der Waals surface area (Å²) in [5, 5.41) is 14.5. The molecule has 1 amide bonds. The summed E-state index contributed by atoms with van der Waals surface area (Å²) in [4.78, 5) is 12.3. The Balaban J connectivity index is 1.82. The minimum Gasteiger partial charge on any atom is -0.356 e. The molecule has 22 heavy (non-hydrogen) atoms. The van der Waals surface area contributed by atoms with E-state index in [1.54, 1.807) is 11.0 Å². The first kappa shape index (κ1) is 16.9. The highest BCUT2D eigenvalue weighted by Crippen LogP contribution is 2.40. The van der Waals surface area contributed by atoms with Gasteiger partial charge in [-0.25, -0.2) is 4.68 Å². The highest BCUT2D eigenvalue weighted by molar-refractivity contribution is 5.76. The molecule has 1 aliphatic rings. The van der Waals surface area contributed by atoms with E-state index in [-0.39, 0.29) is 11.3 Å². The SMILES string of the molecule is CCCCCCNC(=O)CC1(Cn2cnnn2)CCCCC1. The summed E-state index contributed by atoms with van der Waals surface area (Å²) in [6.45, 7) is 3.76. The Morgan fingerprint density at radius 3 is 2.73 bits per heavy atom. The molecular formula is C16H29N5O. The van der Waals surface area contributed by atoms with Crippen LogP contribution in [0.5, 0.6) is 0 Å². The molecule has 0 unspecified atom stereocenters. The second kappa shape index (κ2) is 8.86. The summed E-state index contributed by atoms with van der Waals surface area (Å²) in [7, 11) is 0. The van der Waals surface area contributed by atoms with Crippen molar-refractivity contribution in [3.8, 4) is 0 Å². The number of nitrogens with zero attached hydrogens (tertiary/aromatic N) is 4. The minimum atomic E-state index is 0.0289. The molecule has 0 aromatic carbocycles. The maximum absolute atomic E-state index is 12.3. The lowest BCUT2D eigenvalue weighted by Crippen LogP contribution is -2.37. The van der Waals surface area contributed by atoms with E-state index >= 15 is 0 Å². The van der Waals surface area contributed by atoms with E-state index < -0.39 is 0 Å². The molecule has 1 heterocycles. The number of aromatic nitrogens is 4. The number of nitrogens with one attached hydrogen (secondary N) is 1. The van der Waals surface area contributed by atoms with Gasteiger partial charge in [-0.3, -0.25) is 4.79 Å². The predicted octanol–water partition coefficient (Wildman–Crippen LogP) is 2.71. The fourth-order valence-corrected chi connectivity index (χ4v) is 3.47. The Kier molecular flexibility index (Phi) is 6.80. The van der Waals surface area contributed by atoms with E-state index in [0.29, 0.717) is 6.42 Å². The van der Waals surface area contributed by atoms with Gasteiger partial charge in [0.15, 0.2) is 0 Å². The van der Waals surface area contributed by atoms with Crippen molar-refractivity contribution < 1.29 is 4.79 Å². The van der Waals surface area contributed by atoms with Gasteiger partial charge in [-0.1, -0.05) is 45.4 Å². The second-order valence-corrected chi connectivity index (χ2v) is 6.66. The van der Waals surface area contributed by atoms with Crippen LogP contribution in [0.15, 0.2) is 6.33 Å². The molecule has 0 radical (unpaired) electrons. The van der Waals surface area contributed by atoms with Gasteiger partial charge in [0.1, 0.15) is 6.33 Å². The number of unbranched alkanes of at least 4 members (excludes halogenated alkanes) is 3. The lowest BCUT2D eigenvalue weighted by molar-refractivity contribution is -0.124. The van der Waals surface area contributed by atoms with E-state index in [4.69, 9.17) is 0 Å². The standard InChI is InChI=1S/C16H29N5O/c1-2-3-4-8-11-17-15(22)12-16(9-6-5-7-10-16)13-21-14-18-19-20-21/h14H,2-13H2,1H3,(H,17,22). The average Bonchev–Trinajstić information content (AvgIpc) is 3.00. The number of carbonyl (C=O) groups is 1. The summed E-state index contributed by atoms with van der Waals surface area (Å²) in [5.74, 6) is 0.187. The summed E-state index contributed by atoms with van der Waals surface area (Å²) in [5.41, 5.74) is 0.0289. The number of hydrogen-bond acceptors (Lipinski definition) is 4. The predicted molar refractivity (Wildman–Crippen MR) is 85.1 cm³/mol. The van der Waals surface area contributed by atoms with Crippen LogP contribution >= 0.6 is 0 Å². The zero-order chi connectivity index (χ0) is 15.7. The molecular weight excluding hydrogens is 278 g/mol. The molecule has 1 aromatic rings. The van der Waals surface area contributed by atoms with Gasteiger partial charge in [-0.15, -0.1) is 5.10 Å². The molecule has 0 bridgehead atoms. The van der Waals surface area contributed by atoms with Crippen LogP contribution in [-0.2, 0) is 11.3 Å². The molecule has 0 atom stereocenters. The number of tetrazole rings is 1. The third-order valence-electron chi connectivity index (χ3n) is 4.69. The first-order valence-electron chi connectivity index (χ1n) is 8.72. The number of rotatable bonds is 9. The molecule has 1 saturated carbocycles. The monoisotopic (exact) mass is 307 g/mol. The van der Waals surface area contributed by atoms with Crippen molar-refractivity contribution in [3.63, 3.8) is 0 Å². The van der Waals surface area contributed by atoms with Crippen LogP contribution in [0.2, 0.25) is 0 Å². The normalized spacial score (nSPS) is 17.3. The first-order chi connectivity index (χ1) is 10.7. The van der Waals surface area contributed by atoms with E-state index in [1.165, 1.54) is 38.5 Å². The minimum absolute atomic E-state index is 0.0289. The van der Waals surface area contributed by atoms with Crippen molar-refractivity contribution in [3.05, 3.63) is 6.33 Å². The van der Waals surface area contributed by atoms with Gasteiger partial charge in [0, 0.05) is 13.0 Å². The van der Waals surface area contributed by atoms with Crippen molar-refractivity contribution in [2.24, 2.45) is 5.41 Å². The van der Waals surface area contributed by atoms with Gasteiger partial charge in [0.2, 0.25) is 5.91 Å². The van der Waals surface area contributed by atoms with Gasteiger partial charge in [0.05, 0.1) is 6.54 Å². The van der Waals surface area contributed by atoms with E-state index in [2.05, 4.69) is 27.8 Å². The molecule has 0 spiro atoms. The fourth-order valence-electron chi connectivity index (χ4n) is 3.47. The maximum atomic E-state index is 12.3. The van der Waals surface area contributed by atoms with Crippen molar-refractivity contribution in [2.75, 3.05) is 6.54 Å². The highest BCUT2D eigenvalue weighted by atomic mass is 16.1. The summed E-state index contributed by atoms with van der Waals surface area (Å²) in [6.07, 6.45) is 12.9. The highest BCUT2D eigenvalue weighted by Gasteiger charge is 2.35. The van der Waals surface area contributed by atoms with Crippen molar-refractivity contribution in [2.45, 2.75) is 77.7 Å². The lowest BCUT2D eigenvalue weighted by atomic mass is 9.71. The topological polar surface area (TPSA) is 72.7 Å². The Morgan fingerprint density at radius 1 is 1.23 bits per heavy atom. The zero-order valence-electron chi connectivity index (χ0n) is 13.8. The van der Waals surface area contributed by atoms with E-state index in [9.17, 15) is 4.79 Å². The van der Waals surface area contributed by atoms with E-state index in [1.807, 2.05) is 0 Å². The van der Waals surface area contributed by atoms with Crippen molar-refractivity contribution in [1.82, 2.24) is 25.5 Å². The van der Waals surface area contributed by atoms with Gasteiger partial charge < -0.3 is 5.32 Å². The lowest BCUT2D eigenvalue weighted by Gasteiger charge is -2.36. The summed E-state index contributed by atoms with van der Waals surface area (Å²) in [6, 6.07) is 0. The van der Waals surface area contributed by atoms with Gasteiger partial charge >= 0.3 is 0 Å². The summed E-state index contributed by atoms with van der Waals surface area (Å²) >= 11 is 0.